The van der Waals surface area contributed by atoms with Gasteiger partial charge in [0, 0.05) is 23.6 Å². The Labute approximate surface area is 142 Å². The van der Waals surface area contributed by atoms with Crippen LogP contribution in [0.15, 0.2) is 40.1 Å². The Morgan fingerprint density at radius 1 is 1.17 bits per heavy atom. The van der Waals surface area contributed by atoms with E-state index in [9.17, 15) is 9.59 Å². The van der Waals surface area contributed by atoms with E-state index in [2.05, 4.69) is 16.4 Å². The number of rotatable bonds is 2. The smallest absolute Gasteiger partial charge is 0.251 e. The molecule has 0 spiro atoms. The fourth-order valence-corrected chi connectivity index (χ4v) is 4.47. The molecule has 3 aliphatic carbocycles. The van der Waals surface area contributed by atoms with Crippen LogP contribution in [-0.2, 0) is 9.59 Å². The van der Waals surface area contributed by atoms with Gasteiger partial charge < -0.3 is 5.32 Å². The number of carbonyl (C=O) groups is 2. The molecule has 4 nitrogen and oxygen atoms in total. The van der Waals surface area contributed by atoms with Crippen molar-refractivity contribution < 1.29 is 9.59 Å². The van der Waals surface area contributed by atoms with Crippen LogP contribution in [-0.4, -0.2) is 17.5 Å². The Balaban J connectivity index is 1.52. The molecule has 4 rings (SSSR count). The predicted octanol–water partition coefficient (Wildman–Crippen LogP) is 3.60. The van der Waals surface area contributed by atoms with Gasteiger partial charge in [-0.3, -0.25) is 9.59 Å². The van der Waals surface area contributed by atoms with E-state index in [0.29, 0.717) is 18.1 Å². The van der Waals surface area contributed by atoms with Gasteiger partial charge in [0.2, 0.25) is 5.91 Å². The molecular formula is C20H24N2O2. The Morgan fingerprint density at radius 2 is 1.96 bits per heavy atom. The molecule has 24 heavy (non-hydrogen) atoms. The topological polar surface area (TPSA) is 58.5 Å². The molecule has 0 aromatic rings. The predicted molar refractivity (Wildman–Crippen MR) is 93.4 cm³/mol. The van der Waals surface area contributed by atoms with E-state index in [0.717, 1.165) is 49.8 Å². The number of carbonyl (C=O) groups excluding carboxylic acids is 2. The van der Waals surface area contributed by atoms with Crippen molar-refractivity contribution in [2.75, 3.05) is 0 Å². The van der Waals surface area contributed by atoms with Crippen molar-refractivity contribution in [2.24, 2.45) is 16.8 Å². The summed E-state index contributed by atoms with van der Waals surface area (Å²) >= 11 is 0. The highest BCUT2D eigenvalue weighted by Crippen LogP contribution is 2.38. The molecule has 0 aromatic carbocycles. The molecule has 4 heteroatoms. The van der Waals surface area contributed by atoms with Crippen molar-refractivity contribution in [3.63, 3.8) is 0 Å². The highest BCUT2D eigenvalue weighted by atomic mass is 16.2. The number of allylic oxidation sites excluding steroid dienone is 3. The van der Waals surface area contributed by atoms with E-state index in [4.69, 9.17) is 0 Å². The number of fused-ring (bicyclic) bond motifs is 2. The molecule has 4 aliphatic rings. The van der Waals surface area contributed by atoms with Crippen LogP contribution >= 0.6 is 0 Å². The highest BCUT2D eigenvalue weighted by molar-refractivity contribution is 6.11. The van der Waals surface area contributed by atoms with Crippen molar-refractivity contribution in [1.29, 1.82) is 0 Å². The first kappa shape index (κ1) is 15.6. The third-order valence-electron chi connectivity index (χ3n) is 5.71. The van der Waals surface area contributed by atoms with Crippen LogP contribution in [0.1, 0.15) is 57.8 Å². The molecular weight excluding hydrogens is 300 g/mol. The third kappa shape index (κ3) is 3.02. The first-order chi connectivity index (χ1) is 11.7. The van der Waals surface area contributed by atoms with Gasteiger partial charge in [-0.1, -0.05) is 18.9 Å². The van der Waals surface area contributed by atoms with Gasteiger partial charge >= 0.3 is 0 Å². The molecule has 1 aliphatic heterocycles. The molecule has 1 unspecified atom stereocenters. The van der Waals surface area contributed by atoms with Crippen LogP contribution in [0.4, 0.5) is 0 Å². The second-order valence-corrected chi connectivity index (χ2v) is 7.39. The lowest BCUT2D eigenvalue weighted by Gasteiger charge is -2.33. The fraction of sp³-hybridized carbons (Fsp3) is 0.550. The summed E-state index contributed by atoms with van der Waals surface area (Å²) < 4.78 is 0. The molecule has 1 atom stereocenters. The number of aliphatic imine (C=N–C) groups is 1. The second-order valence-electron chi connectivity index (χ2n) is 7.39. The van der Waals surface area contributed by atoms with Crippen LogP contribution in [0.3, 0.4) is 0 Å². The lowest BCUT2D eigenvalue weighted by Crippen LogP contribution is -2.37. The molecule has 1 saturated carbocycles. The van der Waals surface area contributed by atoms with Gasteiger partial charge in [-0.2, -0.15) is 0 Å². The summed E-state index contributed by atoms with van der Waals surface area (Å²) in [5.74, 6) is 0.691. The van der Waals surface area contributed by atoms with Gasteiger partial charge in [-0.15, -0.1) is 0 Å². The average molecular weight is 324 g/mol. The van der Waals surface area contributed by atoms with Crippen molar-refractivity contribution >= 4 is 17.5 Å². The highest BCUT2D eigenvalue weighted by Gasteiger charge is 2.33. The van der Waals surface area contributed by atoms with E-state index >= 15 is 0 Å². The van der Waals surface area contributed by atoms with Crippen LogP contribution in [0.2, 0.25) is 0 Å². The minimum absolute atomic E-state index is 0.0310. The van der Waals surface area contributed by atoms with Crippen molar-refractivity contribution in [2.45, 2.75) is 57.8 Å². The number of nitrogens with zero attached hydrogens (tertiary/aromatic N) is 1. The number of amides is 2. The monoisotopic (exact) mass is 324 g/mol. The maximum absolute atomic E-state index is 12.3. The van der Waals surface area contributed by atoms with Crippen LogP contribution in [0, 0.1) is 11.8 Å². The minimum Gasteiger partial charge on any atom is -0.325 e. The molecule has 1 fully saturated rings. The Morgan fingerprint density at radius 3 is 2.79 bits per heavy atom. The van der Waals surface area contributed by atoms with E-state index in [1.807, 2.05) is 12.2 Å². The van der Waals surface area contributed by atoms with Crippen LogP contribution in [0.5, 0.6) is 0 Å². The second kappa shape index (κ2) is 6.50. The van der Waals surface area contributed by atoms with Gasteiger partial charge in [-0.05, 0) is 62.2 Å². The van der Waals surface area contributed by atoms with Gasteiger partial charge in [-0.25, -0.2) is 4.99 Å². The standard InChI is InChI=1S/C20H24N2O2/c23-19(11-13-5-1-2-6-13)21-14-9-10-16-15-7-3-4-8-17(15)20(24)22-18(16)12-14/h9-10,12-13,16H,1-8,11H2,(H,22,24). The van der Waals surface area contributed by atoms with Gasteiger partial charge in [0.15, 0.2) is 0 Å². The number of hydrogen-bond acceptors (Lipinski definition) is 2. The van der Waals surface area contributed by atoms with E-state index < -0.39 is 0 Å². The molecule has 0 bridgehead atoms. The van der Waals surface area contributed by atoms with E-state index in [1.54, 1.807) is 0 Å². The average Bonchev–Trinajstić information content (AvgIpc) is 3.08. The third-order valence-corrected chi connectivity index (χ3v) is 5.71. The first-order valence-electron chi connectivity index (χ1n) is 9.25. The molecule has 2 amide bonds. The zero-order valence-corrected chi connectivity index (χ0v) is 14.0. The summed E-state index contributed by atoms with van der Waals surface area (Å²) in [5, 5.41) is 3.01. The van der Waals surface area contributed by atoms with E-state index in [-0.39, 0.29) is 17.7 Å². The normalized spacial score (nSPS) is 28.5. The van der Waals surface area contributed by atoms with Gasteiger partial charge in [0.25, 0.3) is 5.91 Å². The van der Waals surface area contributed by atoms with Gasteiger partial charge in [0.1, 0.15) is 0 Å². The zero-order chi connectivity index (χ0) is 16.5. The maximum Gasteiger partial charge on any atom is 0.251 e. The maximum atomic E-state index is 12.3. The Kier molecular flexibility index (Phi) is 4.21. The van der Waals surface area contributed by atoms with Crippen LogP contribution in [0.25, 0.3) is 0 Å². The summed E-state index contributed by atoms with van der Waals surface area (Å²) in [7, 11) is 0. The van der Waals surface area contributed by atoms with E-state index in [1.165, 1.54) is 18.4 Å². The van der Waals surface area contributed by atoms with Crippen molar-refractivity contribution in [3.05, 3.63) is 35.1 Å². The lowest BCUT2D eigenvalue weighted by molar-refractivity contribution is -0.119. The molecule has 126 valence electrons. The van der Waals surface area contributed by atoms with Crippen molar-refractivity contribution in [1.82, 2.24) is 5.32 Å². The largest absolute Gasteiger partial charge is 0.325 e. The number of hydrogen-bond donors (Lipinski definition) is 1. The number of nitrogens with one attached hydrogen (secondary N) is 1. The zero-order valence-electron chi connectivity index (χ0n) is 14.0. The molecule has 0 aromatic heterocycles. The summed E-state index contributed by atoms with van der Waals surface area (Å²) in [4.78, 5) is 28.7. The summed E-state index contributed by atoms with van der Waals surface area (Å²) in [6, 6.07) is 0. The molecule has 0 radical (unpaired) electrons. The fourth-order valence-electron chi connectivity index (χ4n) is 4.47. The Bertz CT molecular complexity index is 690. The lowest BCUT2D eigenvalue weighted by atomic mass is 9.77. The summed E-state index contributed by atoms with van der Waals surface area (Å²) in [6.07, 6.45) is 15.4. The first-order valence-corrected chi connectivity index (χ1v) is 9.25. The SMILES string of the molecule is O=C(CC1CCCC1)N=C1C=CC2C(=C1)NC(=O)C1=C2CCCC1. The summed E-state index contributed by atoms with van der Waals surface area (Å²) in [5.41, 5.74) is 3.80. The molecule has 0 saturated heterocycles. The minimum atomic E-state index is -0.0310. The Hall–Kier alpha value is -1.97. The quantitative estimate of drug-likeness (QED) is 0.843. The molecule has 1 heterocycles. The van der Waals surface area contributed by atoms with Crippen LogP contribution < -0.4 is 5.32 Å². The summed E-state index contributed by atoms with van der Waals surface area (Å²) in [6.45, 7) is 0. The van der Waals surface area contributed by atoms with Crippen molar-refractivity contribution in [3.8, 4) is 0 Å². The molecule has 1 N–H and O–H groups in total. The van der Waals surface area contributed by atoms with Gasteiger partial charge in [0.05, 0.1) is 5.71 Å².